The summed E-state index contributed by atoms with van der Waals surface area (Å²) in [6, 6.07) is 7.42. The molecule has 0 unspecified atom stereocenters. The number of nitrogens with zero attached hydrogens (tertiary/aromatic N) is 1. The molecule has 0 saturated carbocycles. The Bertz CT molecular complexity index is 431. The molecule has 2 aromatic rings. The van der Waals surface area contributed by atoms with E-state index in [1.54, 1.807) is 0 Å². The Kier molecular flexibility index (Phi) is 2.16. The first-order valence-corrected chi connectivity index (χ1v) is 4.09. The van der Waals surface area contributed by atoms with Gasteiger partial charge in [0.05, 0.1) is 18.1 Å². The number of aromatic nitrogens is 2. The van der Waals surface area contributed by atoms with E-state index in [1.165, 1.54) is 7.11 Å². The Morgan fingerprint density at radius 2 is 2.29 bits per heavy atom. The minimum atomic E-state index is -0.385. The normalized spacial score (nSPS) is 10.4. The number of benzene rings is 1. The van der Waals surface area contributed by atoms with Gasteiger partial charge in [0, 0.05) is 0 Å². The molecule has 0 radical (unpaired) electrons. The minimum Gasteiger partial charge on any atom is -0.334 e. The van der Waals surface area contributed by atoms with Crippen molar-refractivity contribution in [3.8, 4) is 0 Å². The van der Waals surface area contributed by atoms with Gasteiger partial charge in [0.1, 0.15) is 0 Å². The van der Waals surface area contributed by atoms with Crippen molar-refractivity contribution >= 4 is 16.9 Å². The summed E-state index contributed by atoms with van der Waals surface area (Å²) in [7, 11) is 1.38. The van der Waals surface area contributed by atoms with Crippen molar-refractivity contribution in [1.82, 2.24) is 15.4 Å². The van der Waals surface area contributed by atoms with E-state index >= 15 is 0 Å². The summed E-state index contributed by atoms with van der Waals surface area (Å²) in [5.41, 5.74) is 3.78. The van der Waals surface area contributed by atoms with Gasteiger partial charge in [0.25, 0.3) is 0 Å². The molecule has 1 amide bonds. The minimum absolute atomic E-state index is 0.244. The molecule has 0 bridgehead atoms. The second-order valence-electron chi connectivity index (χ2n) is 2.74. The Balaban J connectivity index is 2.40. The molecule has 2 rings (SSSR count). The first-order valence-electron chi connectivity index (χ1n) is 4.09. The van der Waals surface area contributed by atoms with Crippen LogP contribution >= 0.6 is 0 Å². The fourth-order valence-electron chi connectivity index (χ4n) is 1.20. The third-order valence-corrected chi connectivity index (χ3v) is 1.80. The fraction of sp³-hybridized carbons (Fsp3) is 0.111. The van der Waals surface area contributed by atoms with Crippen LogP contribution in [0.25, 0.3) is 11.0 Å². The van der Waals surface area contributed by atoms with E-state index in [4.69, 9.17) is 0 Å². The van der Waals surface area contributed by atoms with Gasteiger partial charge in [0.15, 0.2) is 5.82 Å². The molecule has 0 fully saturated rings. The van der Waals surface area contributed by atoms with Crippen molar-refractivity contribution in [2.45, 2.75) is 0 Å². The molecule has 5 heteroatoms. The van der Waals surface area contributed by atoms with E-state index in [1.807, 2.05) is 24.3 Å². The van der Waals surface area contributed by atoms with E-state index in [0.717, 1.165) is 11.0 Å². The average Bonchev–Trinajstić information content (AvgIpc) is 2.61. The Labute approximate surface area is 80.1 Å². The van der Waals surface area contributed by atoms with Gasteiger partial charge in [-0.2, -0.15) is 0 Å². The molecule has 72 valence electrons. The highest BCUT2D eigenvalue weighted by Crippen LogP contribution is 2.09. The number of imidazole rings is 1. The Morgan fingerprint density at radius 1 is 1.50 bits per heavy atom. The van der Waals surface area contributed by atoms with Crippen molar-refractivity contribution in [2.24, 2.45) is 0 Å². The predicted octanol–water partition coefficient (Wildman–Crippen LogP) is 0.854. The fourth-order valence-corrected chi connectivity index (χ4v) is 1.20. The van der Waals surface area contributed by atoms with E-state index in [0.29, 0.717) is 0 Å². The van der Waals surface area contributed by atoms with Crippen molar-refractivity contribution in [3.05, 3.63) is 30.1 Å². The second-order valence-corrected chi connectivity index (χ2v) is 2.74. The number of hydrogen-bond acceptors (Lipinski definition) is 3. The van der Waals surface area contributed by atoms with E-state index in [-0.39, 0.29) is 11.7 Å². The maximum atomic E-state index is 11.3. The smallest absolute Gasteiger partial charge is 0.310 e. The molecule has 0 aliphatic rings. The van der Waals surface area contributed by atoms with Crippen LogP contribution in [0.3, 0.4) is 0 Å². The summed E-state index contributed by atoms with van der Waals surface area (Å²) in [6.07, 6.45) is 0. The molecule has 0 atom stereocenters. The maximum absolute atomic E-state index is 11.3. The van der Waals surface area contributed by atoms with Crippen LogP contribution in [0.4, 0.5) is 0 Å². The molecule has 1 aromatic carbocycles. The molecule has 0 aliphatic carbocycles. The molecule has 0 saturated heterocycles. The number of aromatic amines is 1. The van der Waals surface area contributed by atoms with Crippen LogP contribution in [0.2, 0.25) is 0 Å². The van der Waals surface area contributed by atoms with Crippen molar-refractivity contribution in [3.63, 3.8) is 0 Å². The number of para-hydroxylation sites is 2. The van der Waals surface area contributed by atoms with Crippen molar-refractivity contribution < 1.29 is 9.63 Å². The van der Waals surface area contributed by atoms with Crippen LogP contribution in [0, 0.1) is 0 Å². The first-order chi connectivity index (χ1) is 6.81. The number of carbonyl (C=O) groups excluding carboxylic acids is 1. The third kappa shape index (κ3) is 1.45. The van der Waals surface area contributed by atoms with Crippen LogP contribution in [-0.2, 0) is 4.84 Å². The van der Waals surface area contributed by atoms with Crippen LogP contribution in [0.15, 0.2) is 24.3 Å². The molecule has 5 nitrogen and oxygen atoms in total. The van der Waals surface area contributed by atoms with Gasteiger partial charge in [-0.1, -0.05) is 12.1 Å². The molecule has 1 heterocycles. The number of hydroxylamine groups is 1. The summed E-state index contributed by atoms with van der Waals surface area (Å²) in [6.45, 7) is 0. The topological polar surface area (TPSA) is 67.0 Å². The van der Waals surface area contributed by atoms with Gasteiger partial charge in [-0.05, 0) is 12.1 Å². The zero-order valence-electron chi connectivity index (χ0n) is 7.57. The van der Waals surface area contributed by atoms with Gasteiger partial charge < -0.3 is 4.98 Å². The van der Waals surface area contributed by atoms with E-state index in [9.17, 15) is 4.79 Å². The Morgan fingerprint density at radius 3 is 3.00 bits per heavy atom. The molecule has 0 spiro atoms. The van der Waals surface area contributed by atoms with Crippen LogP contribution < -0.4 is 5.48 Å². The van der Waals surface area contributed by atoms with E-state index in [2.05, 4.69) is 20.3 Å². The van der Waals surface area contributed by atoms with Gasteiger partial charge in [-0.25, -0.2) is 10.5 Å². The third-order valence-electron chi connectivity index (χ3n) is 1.80. The monoisotopic (exact) mass is 191 g/mol. The number of amides is 1. The number of H-pyrrole nitrogens is 1. The van der Waals surface area contributed by atoms with Gasteiger partial charge >= 0.3 is 5.91 Å². The lowest BCUT2D eigenvalue weighted by Gasteiger charge is -1.95. The highest BCUT2D eigenvalue weighted by molar-refractivity contribution is 5.93. The standard InChI is InChI=1S/C9H9N3O2/c1-14-12-9(13)8-10-6-4-2-3-5-7(6)11-8/h2-5H,1H3,(H,10,11)(H,12,13). The molecular formula is C9H9N3O2. The second kappa shape index (κ2) is 3.47. The highest BCUT2D eigenvalue weighted by Gasteiger charge is 2.09. The summed E-state index contributed by atoms with van der Waals surface area (Å²) >= 11 is 0. The van der Waals surface area contributed by atoms with Gasteiger partial charge in [0.2, 0.25) is 0 Å². The molecular weight excluding hydrogens is 182 g/mol. The van der Waals surface area contributed by atoms with Gasteiger partial charge in [-0.3, -0.25) is 9.63 Å². The van der Waals surface area contributed by atoms with Crippen LogP contribution in [0.1, 0.15) is 10.6 Å². The van der Waals surface area contributed by atoms with E-state index < -0.39 is 0 Å². The van der Waals surface area contributed by atoms with Crippen molar-refractivity contribution in [1.29, 1.82) is 0 Å². The molecule has 0 aliphatic heterocycles. The first kappa shape index (κ1) is 8.71. The number of hydrogen-bond donors (Lipinski definition) is 2. The zero-order chi connectivity index (χ0) is 9.97. The summed E-state index contributed by atoms with van der Waals surface area (Å²) in [5, 5.41) is 0. The summed E-state index contributed by atoms with van der Waals surface area (Å²) in [4.78, 5) is 22.7. The lowest BCUT2D eigenvalue weighted by molar-refractivity contribution is 0.0528. The summed E-state index contributed by atoms with van der Waals surface area (Å²) in [5.74, 6) is -0.142. The predicted molar refractivity (Wildman–Crippen MR) is 50.6 cm³/mol. The average molecular weight is 191 g/mol. The molecule has 2 N–H and O–H groups in total. The van der Waals surface area contributed by atoms with Gasteiger partial charge in [-0.15, -0.1) is 0 Å². The lowest BCUT2D eigenvalue weighted by Crippen LogP contribution is -2.22. The Hall–Kier alpha value is -1.88. The van der Waals surface area contributed by atoms with Crippen LogP contribution in [0.5, 0.6) is 0 Å². The quantitative estimate of drug-likeness (QED) is 0.691. The van der Waals surface area contributed by atoms with Crippen molar-refractivity contribution in [2.75, 3.05) is 7.11 Å². The summed E-state index contributed by atoms with van der Waals surface area (Å²) < 4.78 is 0. The molecule has 14 heavy (non-hydrogen) atoms. The number of fused-ring (bicyclic) bond motifs is 1. The SMILES string of the molecule is CONC(=O)c1nc2ccccc2[nH]1. The maximum Gasteiger partial charge on any atom is 0.310 e. The number of nitrogens with one attached hydrogen (secondary N) is 2. The van der Waals surface area contributed by atoms with Crippen LogP contribution in [-0.4, -0.2) is 23.0 Å². The zero-order valence-corrected chi connectivity index (χ0v) is 7.57. The number of rotatable bonds is 2. The molecule has 1 aromatic heterocycles. The largest absolute Gasteiger partial charge is 0.334 e. The lowest BCUT2D eigenvalue weighted by atomic mass is 10.3. The highest BCUT2D eigenvalue weighted by atomic mass is 16.6. The number of carbonyl (C=O) groups is 1.